The van der Waals surface area contributed by atoms with E-state index in [0.29, 0.717) is 0 Å². The molecule has 1 fully saturated rings. The molecule has 1 aliphatic carbocycles. The first-order chi connectivity index (χ1) is 8.31. The van der Waals surface area contributed by atoms with Gasteiger partial charge in [0.05, 0.1) is 7.11 Å². The van der Waals surface area contributed by atoms with Crippen LogP contribution in [-0.2, 0) is 6.42 Å². The van der Waals surface area contributed by atoms with Gasteiger partial charge in [0.25, 0.3) is 0 Å². The second-order valence-corrected chi connectivity index (χ2v) is 5.17. The first-order valence-electron chi connectivity index (χ1n) is 6.65. The molecule has 0 saturated heterocycles. The van der Waals surface area contributed by atoms with E-state index in [1.165, 1.54) is 37.7 Å². The minimum atomic E-state index is 0.780. The molecule has 0 heterocycles. The highest BCUT2D eigenvalue weighted by Gasteiger charge is 2.20. The molecule has 2 N–H and O–H groups in total. The van der Waals surface area contributed by atoms with Crippen LogP contribution in [0.5, 0.6) is 5.75 Å². The Morgan fingerprint density at radius 1 is 1.06 bits per heavy atom. The Morgan fingerprint density at radius 2 is 1.65 bits per heavy atom. The van der Waals surface area contributed by atoms with Gasteiger partial charge >= 0.3 is 0 Å². The molecule has 2 heteroatoms. The van der Waals surface area contributed by atoms with Crippen LogP contribution in [0.3, 0.4) is 0 Å². The molecular formula is C15H23NO. The molecule has 1 aromatic rings. The first-order valence-corrected chi connectivity index (χ1v) is 6.65. The van der Waals surface area contributed by atoms with Crippen LogP contribution in [-0.4, -0.2) is 13.7 Å². The maximum absolute atomic E-state index is 5.72. The van der Waals surface area contributed by atoms with E-state index in [2.05, 4.69) is 24.3 Å². The van der Waals surface area contributed by atoms with E-state index >= 15 is 0 Å². The lowest BCUT2D eigenvalue weighted by Crippen LogP contribution is -2.22. The number of nitrogens with two attached hydrogens (primary N) is 1. The minimum Gasteiger partial charge on any atom is -0.497 e. The Morgan fingerprint density at radius 3 is 2.18 bits per heavy atom. The quantitative estimate of drug-likeness (QED) is 0.867. The van der Waals surface area contributed by atoms with Crippen LogP contribution in [0.25, 0.3) is 0 Å². The molecule has 1 saturated carbocycles. The van der Waals surface area contributed by atoms with Crippen LogP contribution in [0.2, 0.25) is 0 Å². The maximum Gasteiger partial charge on any atom is 0.118 e. The Hall–Kier alpha value is -1.02. The van der Waals surface area contributed by atoms with Crippen molar-refractivity contribution in [2.75, 3.05) is 13.7 Å². The van der Waals surface area contributed by atoms with Crippen LogP contribution in [0.15, 0.2) is 24.3 Å². The van der Waals surface area contributed by atoms with E-state index in [1.54, 1.807) is 7.11 Å². The summed E-state index contributed by atoms with van der Waals surface area (Å²) in [5.41, 5.74) is 7.15. The minimum absolute atomic E-state index is 0.780. The van der Waals surface area contributed by atoms with Gasteiger partial charge in [-0.05, 0) is 68.2 Å². The predicted molar refractivity (Wildman–Crippen MR) is 71.2 cm³/mol. The first kappa shape index (κ1) is 12.4. The van der Waals surface area contributed by atoms with Crippen molar-refractivity contribution in [2.24, 2.45) is 17.6 Å². The van der Waals surface area contributed by atoms with Crippen LogP contribution in [0.4, 0.5) is 0 Å². The molecule has 0 spiro atoms. The molecule has 17 heavy (non-hydrogen) atoms. The largest absolute Gasteiger partial charge is 0.497 e. The molecule has 0 bridgehead atoms. The third-order valence-corrected chi connectivity index (χ3v) is 3.98. The number of hydrogen-bond acceptors (Lipinski definition) is 2. The number of benzene rings is 1. The summed E-state index contributed by atoms with van der Waals surface area (Å²) in [6, 6.07) is 8.49. The molecule has 1 aromatic carbocycles. The van der Waals surface area contributed by atoms with Crippen LogP contribution >= 0.6 is 0 Å². The molecule has 0 atom stereocenters. The molecule has 0 amide bonds. The van der Waals surface area contributed by atoms with Crippen molar-refractivity contribution in [1.82, 2.24) is 0 Å². The zero-order valence-corrected chi connectivity index (χ0v) is 10.7. The zero-order valence-electron chi connectivity index (χ0n) is 10.7. The van der Waals surface area contributed by atoms with Crippen molar-refractivity contribution in [3.63, 3.8) is 0 Å². The van der Waals surface area contributed by atoms with E-state index in [9.17, 15) is 0 Å². The maximum atomic E-state index is 5.72. The van der Waals surface area contributed by atoms with Gasteiger partial charge in [0.2, 0.25) is 0 Å². The molecule has 2 nitrogen and oxygen atoms in total. The van der Waals surface area contributed by atoms with Crippen LogP contribution < -0.4 is 10.5 Å². The summed E-state index contributed by atoms with van der Waals surface area (Å²) in [5.74, 6) is 2.58. The second-order valence-electron chi connectivity index (χ2n) is 5.17. The molecular weight excluding hydrogens is 210 g/mol. The molecule has 0 unspecified atom stereocenters. The summed E-state index contributed by atoms with van der Waals surface area (Å²) < 4.78 is 5.17. The number of hydrogen-bond donors (Lipinski definition) is 1. The van der Waals surface area contributed by atoms with E-state index in [0.717, 1.165) is 24.1 Å². The standard InChI is InChI=1S/C15H23NO/c1-17-15-8-6-13(7-9-15)10-12-2-4-14(11-16)5-3-12/h6-9,12,14H,2-5,10-11,16H2,1H3. The van der Waals surface area contributed by atoms with E-state index in [1.807, 2.05) is 0 Å². The SMILES string of the molecule is COc1ccc(CC2CCC(CN)CC2)cc1. The summed E-state index contributed by atoms with van der Waals surface area (Å²) >= 11 is 0. The monoisotopic (exact) mass is 233 g/mol. The molecule has 0 radical (unpaired) electrons. The Kier molecular flexibility index (Phi) is 4.43. The Bertz CT molecular complexity index is 325. The van der Waals surface area contributed by atoms with Gasteiger partial charge in [-0.15, -0.1) is 0 Å². The van der Waals surface area contributed by atoms with Gasteiger partial charge in [0.15, 0.2) is 0 Å². The average Bonchev–Trinajstić information content (AvgIpc) is 2.40. The Labute approximate surface area is 104 Å². The summed E-state index contributed by atoms with van der Waals surface area (Å²) in [6.07, 6.45) is 6.53. The van der Waals surface area contributed by atoms with Gasteiger partial charge in [0, 0.05) is 0 Å². The fourth-order valence-corrected chi connectivity index (χ4v) is 2.77. The molecule has 94 valence electrons. The van der Waals surface area contributed by atoms with Gasteiger partial charge in [-0.25, -0.2) is 0 Å². The summed E-state index contributed by atoms with van der Waals surface area (Å²) in [4.78, 5) is 0. The van der Waals surface area contributed by atoms with Crippen LogP contribution in [0, 0.1) is 11.8 Å². The van der Waals surface area contributed by atoms with Crippen molar-refractivity contribution < 1.29 is 4.74 Å². The van der Waals surface area contributed by atoms with Crippen molar-refractivity contribution in [2.45, 2.75) is 32.1 Å². The van der Waals surface area contributed by atoms with E-state index < -0.39 is 0 Å². The third kappa shape index (κ3) is 3.47. The summed E-state index contributed by atoms with van der Waals surface area (Å²) in [5, 5.41) is 0. The highest BCUT2D eigenvalue weighted by molar-refractivity contribution is 5.27. The summed E-state index contributed by atoms with van der Waals surface area (Å²) in [6.45, 7) is 0.870. The van der Waals surface area contributed by atoms with E-state index in [4.69, 9.17) is 10.5 Å². The van der Waals surface area contributed by atoms with Crippen molar-refractivity contribution >= 4 is 0 Å². The van der Waals surface area contributed by atoms with Crippen molar-refractivity contribution in [3.05, 3.63) is 29.8 Å². The van der Waals surface area contributed by atoms with Gasteiger partial charge in [-0.1, -0.05) is 12.1 Å². The molecule has 0 aromatic heterocycles. The fraction of sp³-hybridized carbons (Fsp3) is 0.600. The topological polar surface area (TPSA) is 35.2 Å². The van der Waals surface area contributed by atoms with Gasteiger partial charge in [-0.2, -0.15) is 0 Å². The Balaban J connectivity index is 1.84. The van der Waals surface area contributed by atoms with E-state index in [-0.39, 0.29) is 0 Å². The number of rotatable bonds is 4. The lowest BCUT2D eigenvalue weighted by Gasteiger charge is -2.27. The smallest absolute Gasteiger partial charge is 0.118 e. The van der Waals surface area contributed by atoms with Gasteiger partial charge in [0.1, 0.15) is 5.75 Å². The molecule has 0 aliphatic heterocycles. The fourth-order valence-electron chi connectivity index (χ4n) is 2.77. The highest BCUT2D eigenvalue weighted by Crippen LogP contribution is 2.30. The number of ether oxygens (including phenoxy) is 1. The zero-order chi connectivity index (χ0) is 12.1. The average molecular weight is 233 g/mol. The van der Waals surface area contributed by atoms with Gasteiger partial charge < -0.3 is 10.5 Å². The highest BCUT2D eigenvalue weighted by atomic mass is 16.5. The van der Waals surface area contributed by atoms with Gasteiger partial charge in [-0.3, -0.25) is 0 Å². The second kappa shape index (κ2) is 6.06. The lowest BCUT2D eigenvalue weighted by molar-refractivity contribution is 0.278. The third-order valence-electron chi connectivity index (χ3n) is 3.98. The predicted octanol–water partition coefficient (Wildman–Crippen LogP) is 3.00. The number of methoxy groups -OCH3 is 1. The van der Waals surface area contributed by atoms with Crippen molar-refractivity contribution in [1.29, 1.82) is 0 Å². The summed E-state index contributed by atoms with van der Waals surface area (Å²) in [7, 11) is 1.71. The molecule has 2 rings (SSSR count). The normalized spacial score (nSPS) is 24.6. The van der Waals surface area contributed by atoms with Crippen LogP contribution in [0.1, 0.15) is 31.2 Å². The lowest BCUT2D eigenvalue weighted by atomic mass is 9.79. The van der Waals surface area contributed by atoms with Crippen molar-refractivity contribution in [3.8, 4) is 5.75 Å². The molecule has 1 aliphatic rings.